The first kappa shape index (κ1) is 14.5. The second-order valence-electron chi connectivity index (χ2n) is 5.10. The van der Waals surface area contributed by atoms with Gasteiger partial charge in [-0.2, -0.15) is 0 Å². The Bertz CT molecular complexity index is 358. The van der Waals surface area contributed by atoms with Gasteiger partial charge in [0, 0.05) is 6.54 Å². The smallest absolute Gasteiger partial charge is 0.133 e. The van der Waals surface area contributed by atoms with Crippen LogP contribution < -0.4 is 10.1 Å². The summed E-state index contributed by atoms with van der Waals surface area (Å²) < 4.78 is 6.73. The Labute approximate surface area is 113 Å². The molecule has 1 N–H and O–H groups in total. The van der Waals surface area contributed by atoms with Crippen LogP contribution in [0.3, 0.4) is 0 Å². The van der Waals surface area contributed by atoms with E-state index in [0.717, 1.165) is 23.3 Å². The van der Waals surface area contributed by atoms with Crippen molar-refractivity contribution in [2.24, 2.45) is 0 Å². The van der Waals surface area contributed by atoms with Gasteiger partial charge in [-0.15, -0.1) is 0 Å². The van der Waals surface area contributed by atoms with Crippen LogP contribution in [0.2, 0.25) is 0 Å². The molecule has 0 amide bonds. The minimum atomic E-state index is 0.171. The van der Waals surface area contributed by atoms with Gasteiger partial charge in [0.1, 0.15) is 12.4 Å². The van der Waals surface area contributed by atoms with Gasteiger partial charge in [-0.05, 0) is 45.6 Å². The number of hydrogen-bond donors (Lipinski definition) is 1. The van der Waals surface area contributed by atoms with Crippen molar-refractivity contribution in [2.75, 3.05) is 19.7 Å². The van der Waals surface area contributed by atoms with Crippen molar-refractivity contribution in [1.82, 2.24) is 5.32 Å². The number of nitrogens with one attached hydrogen (secondary N) is 1. The lowest BCUT2D eigenvalue weighted by molar-refractivity contribution is 0.313. The molecule has 1 rings (SSSR count). The molecule has 0 aliphatic rings. The summed E-state index contributed by atoms with van der Waals surface area (Å²) in [7, 11) is 0. The second kappa shape index (κ2) is 6.41. The lowest BCUT2D eigenvalue weighted by atomic mass is 9.87. The van der Waals surface area contributed by atoms with E-state index in [0.29, 0.717) is 6.61 Å². The van der Waals surface area contributed by atoms with Crippen molar-refractivity contribution in [1.29, 1.82) is 0 Å². The average Bonchev–Trinajstić information content (AvgIpc) is 2.24. The summed E-state index contributed by atoms with van der Waals surface area (Å²) in [5.41, 5.74) is 1.48. The van der Waals surface area contributed by atoms with Gasteiger partial charge in [0.05, 0.1) is 4.47 Å². The number of ether oxygens (including phenoxy) is 1. The van der Waals surface area contributed by atoms with Crippen LogP contribution in [0.15, 0.2) is 22.7 Å². The zero-order valence-corrected chi connectivity index (χ0v) is 12.7. The summed E-state index contributed by atoms with van der Waals surface area (Å²) >= 11 is 3.56. The quantitative estimate of drug-likeness (QED) is 0.837. The monoisotopic (exact) mass is 299 g/mol. The van der Waals surface area contributed by atoms with Crippen molar-refractivity contribution in [3.63, 3.8) is 0 Å². The first-order chi connectivity index (χ1) is 7.95. The van der Waals surface area contributed by atoms with Gasteiger partial charge in [-0.25, -0.2) is 0 Å². The van der Waals surface area contributed by atoms with E-state index >= 15 is 0 Å². The van der Waals surface area contributed by atoms with Gasteiger partial charge in [0.15, 0.2) is 0 Å². The third-order valence-corrected chi connectivity index (χ3v) is 3.20. The molecular formula is C14H22BrNO. The van der Waals surface area contributed by atoms with E-state index in [1.165, 1.54) is 5.56 Å². The van der Waals surface area contributed by atoms with Gasteiger partial charge in [0.2, 0.25) is 0 Å². The zero-order valence-electron chi connectivity index (χ0n) is 11.1. The predicted octanol–water partition coefficient (Wildman–Crippen LogP) is 3.73. The highest BCUT2D eigenvalue weighted by molar-refractivity contribution is 9.10. The Kier molecular flexibility index (Phi) is 5.47. The van der Waals surface area contributed by atoms with Crippen molar-refractivity contribution >= 4 is 15.9 Å². The second-order valence-corrected chi connectivity index (χ2v) is 5.95. The molecule has 0 unspecified atom stereocenters. The summed E-state index contributed by atoms with van der Waals surface area (Å²) in [5.74, 6) is 0.913. The van der Waals surface area contributed by atoms with E-state index in [1.54, 1.807) is 0 Å². The molecule has 0 bridgehead atoms. The highest BCUT2D eigenvalue weighted by Crippen LogP contribution is 2.31. The fourth-order valence-corrected chi connectivity index (χ4v) is 1.99. The molecule has 17 heavy (non-hydrogen) atoms. The molecule has 96 valence electrons. The predicted molar refractivity (Wildman–Crippen MR) is 76.9 cm³/mol. The van der Waals surface area contributed by atoms with Crippen molar-refractivity contribution in [2.45, 2.75) is 33.1 Å². The normalized spacial score (nSPS) is 11.6. The zero-order chi connectivity index (χ0) is 12.9. The molecule has 0 aliphatic heterocycles. The van der Waals surface area contributed by atoms with Crippen LogP contribution >= 0.6 is 15.9 Å². The Morgan fingerprint density at radius 3 is 2.53 bits per heavy atom. The maximum absolute atomic E-state index is 5.70. The lowest BCUT2D eigenvalue weighted by Crippen LogP contribution is -2.20. The van der Waals surface area contributed by atoms with Gasteiger partial charge in [0.25, 0.3) is 0 Å². The summed E-state index contributed by atoms with van der Waals surface area (Å²) in [6, 6.07) is 6.31. The van der Waals surface area contributed by atoms with E-state index in [2.05, 4.69) is 61.1 Å². The topological polar surface area (TPSA) is 21.3 Å². The van der Waals surface area contributed by atoms with Crippen LogP contribution in [0.25, 0.3) is 0 Å². The van der Waals surface area contributed by atoms with Crippen molar-refractivity contribution in [3.05, 3.63) is 28.2 Å². The van der Waals surface area contributed by atoms with Crippen LogP contribution in [0.1, 0.15) is 33.3 Å². The Hall–Kier alpha value is -0.540. The number of hydrogen-bond acceptors (Lipinski definition) is 2. The molecule has 2 nitrogen and oxygen atoms in total. The third-order valence-electron chi connectivity index (χ3n) is 2.58. The van der Waals surface area contributed by atoms with Crippen LogP contribution in [0.4, 0.5) is 0 Å². The molecule has 0 saturated heterocycles. The van der Waals surface area contributed by atoms with Gasteiger partial charge in [-0.1, -0.05) is 33.8 Å². The summed E-state index contributed by atoms with van der Waals surface area (Å²) in [6.07, 6.45) is 0. The van der Waals surface area contributed by atoms with Crippen molar-refractivity contribution < 1.29 is 4.74 Å². The van der Waals surface area contributed by atoms with Crippen LogP contribution in [0.5, 0.6) is 5.75 Å². The molecule has 0 aromatic heterocycles. The first-order valence-corrected chi connectivity index (χ1v) is 6.88. The lowest BCUT2D eigenvalue weighted by Gasteiger charge is -2.20. The molecular weight excluding hydrogens is 278 g/mol. The summed E-state index contributed by atoms with van der Waals surface area (Å²) in [4.78, 5) is 0. The fraction of sp³-hybridized carbons (Fsp3) is 0.571. The maximum atomic E-state index is 5.70. The summed E-state index contributed by atoms with van der Waals surface area (Å²) in [5, 5.41) is 3.23. The van der Waals surface area contributed by atoms with E-state index in [9.17, 15) is 0 Å². The fourth-order valence-electron chi connectivity index (χ4n) is 1.49. The summed E-state index contributed by atoms with van der Waals surface area (Å²) in [6.45, 7) is 11.3. The van der Waals surface area contributed by atoms with Crippen LogP contribution in [-0.2, 0) is 5.41 Å². The Balaban J connectivity index is 2.64. The van der Waals surface area contributed by atoms with E-state index in [-0.39, 0.29) is 5.41 Å². The van der Waals surface area contributed by atoms with Crippen LogP contribution in [-0.4, -0.2) is 19.7 Å². The number of benzene rings is 1. The third kappa shape index (κ3) is 4.68. The molecule has 0 spiro atoms. The number of rotatable bonds is 5. The molecule has 0 heterocycles. The number of halogens is 1. The van der Waals surface area contributed by atoms with E-state index in [1.807, 2.05) is 6.07 Å². The molecule has 1 aromatic rings. The van der Waals surface area contributed by atoms with Crippen molar-refractivity contribution in [3.8, 4) is 5.75 Å². The molecule has 0 fully saturated rings. The molecule has 3 heteroatoms. The molecule has 1 aromatic carbocycles. The highest BCUT2D eigenvalue weighted by Gasteiger charge is 2.15. The SMILES string of the molecule is CCNCCOc1ccc(C(C)(C)C)cc1Br. The van der Waals surface area contributed by atoms with E-state index < -0.39 is 0 Å². The standard InChI is InChI=1S/C14H22BrNO/c1-5-16-8-9-17-13-7-6-11(10-12(13)15)14(2,3)4/h6-7,10,16H,5,8-9H2,1-4H3. The molecule has 0 aliphatic carbocycles. The minimum absolute atomic E-state index is 0.171. The maximum Gasteiger partial charge on any atom is 0.133 e. The first-order valence-electron chi connectivity index (χ1n) is 6.08. The molecule has 0 saturated carbocycles. The Morgan fingerprint density at radius 1 is 1.29 bits per heavy atom. The largest absolute Gasteiger partial charge is 0.491 e. The van der Waals surface area contributed by atoms with Gasteiger partial charge >= 0.3 is 0 Å². The van der Waals surface area contributed by atoms with Gasteiger partial charge < -0.3 is 10.1 Å². The van der Waals surface area contributed by atoms with Gasteiger partial charge in [-0.3, -0.25) is 0 Å². The van der Waals surface area contributed by atoms with Crippen LogP contribution in [0, 0.1) is 0 Å². The number of likely N-dealkylation sites (N-methyl/N-ethyl adjacent to an activating group) is 1. The average molecular weight is 300 g/mol. The molecule has 0 atom stereocenters. The van der Waals surface area contributed by atoms with E-state index in [4.69, 9.17) is 4.74 Å². The Morgan fingerprint density at radius 2 is 2.00 bits per heavy atom. The molecule has 0 radical (unpaired) electrons. The highest BCUT2D eigenvalue weighted by atomic mass is 79.9. The minimum Gasteiger partial charge on any atom is -0.491 e.